The molecule has 118 valence electrons. The molecule has 1 fully saturated rings. The molecule has 3 unspecified atom stereocenters. The molecule has 1 heterocycles. The molecule has 3 atom stereocenters. The van der Waals surface area contributed by atoms with Gasteiger partial charge in [0.05, 0.1) is 6.61 Å². The first kappa shape index (κ1) is 16.3. The Hall–Kier alpha value is -1.06. The molecule has 0 bridgehead atoms. The number of benzene rings is 1. The summed E-state index contributed by atoms with van der Waals surface area (Å²) < 4.78 is 5.66. The number of rotatable bonds is 6. The van der Waals surface area contributed by atoms with Gasteiger partial charge in [0.15, 0.2) is 0 Å². The van der Waals surface area contributed by atoms with Crippen LogP contribution in [-0.4, -0.2) is 31.1 Å². The summed E-state index contributed by atoms with van der Waals surface area (Å²) in [7, 11) is 0. The van der Waals surface area contributed by atoms with Gasteiger partial charge in [-0.25, -0.2) is 0 Å². The van der Waals surface area contributed by atoms with Gasteiger partial charge in [-0.15, -0.1) is 0 Å². The fourth-order valence-corrected chi connectivity index (χ4v) is 3.47. The van der Waals surface area contributed by atoms with E-state index < -0.39 is 0 Å². The summed E-state index contributed by atoms with van der Waals surface area (Å²) in [6.45, 7) is 10.6. The molecule has 0 saturated carbocycles. The predicted molar refractivity (Wildman–Crippen MR) is 88.5 cm³/mol. The number of likely N-dealkylation sites (tertiary alicyclic amines) is 1. The fourth-order valence-electron chi connectivity index (χ4n) is 3.47. The maximum Gasteiger partial charge on any atom is 0.119 e. The van der Waals surface area contributed by atoms with E-state index in [1.165, 1.54) is 12.0 Å². The SMILES string of the molecule is CCCOc1ccc(C(CN)N2CC(C)CC(C)C2)cc1. The molecule has 2 rings (SSSR count). The predicted octanol–water partition coefficient (Wildman–Crippen LogP) is 3.45. The van der Waals surface area contributed by atoms with E-state index in [1.807, 2.05) is 0 Å². The second-order valence-corrected chi connectivity index (χ2v) is 6.57. The molecule has 0 amide bonds. The Morgan fingerprint density at radius 2 is 1.81 bits per heavy atom. The molecule has 0 aromatic heterocycles. The highest BCUT2D eigenvalue weighted by molar-refractivity contribution is 5.29. The summed E-state index contributed by atoms with van der Waals surface area (Å²) in [5.41, 5.74) is 7.38. The van der Waals surface area contributed by atoms with Gasteiger partial charge in [-0.1, -0.05) is 32.9 Å². The van der Waals surface area contributed by atoms with Crippen molar-refractivity contribution < 1.29 is 4.74 Å². The number of nitrogens with zero attached hydrogens (tertiary/aromatic N) is 1. The molecular weight excluding hydrogens is 260 g/mol. The topological polar surface area (TPSA) is 38.5 Å². The third-order valence-electron chi connectivity index (χ3n) is 4.30. The van der Waals surface area contributed by atoms with E-state index in [-0.39, 0.29) is 0 Å². The van der Waals surface area contributed by atoms with Crippen molar-refractivity contribution in [1.29, 1.82) is 0 Å². The van der Waals surface area contributed by atoms with Crippen molar-refractivity contribution in [3.8, 4) is 5.75 Å². The van der Waals surface area contributed by atoms with Crippen LogP contribution in [0.1, 0.15) is 45.2 Å². The van der Waals surface area contributed by atoms with Crippen molar-refractivity contribution in [3.63, 3.8) is 0 Å². The minimum absolute atomic E-state index is 0.329. The van der Waals surface area contributed by atoms with Crippen molar-refractivity contribution in [3.05, 3.63) is 29.8 Å². The molecule has 1 saturated heterocycles. The summed E-state index contributed by atoms with van der Waals surface area (Å²) >= 11 is 0. The van der Waals surface area contributed by atoms with Gasteiger partial charge in [0, 0.05) is 25.7 Å². The second kappa shape index (κ2) is 7.81. The van der Waals surface area contributed by atoms with E-state index in [1.54, 1.807) is 0 Å². The molecule has 1 aliphatic rings. The van der Waals surface area contributed by atoms with Gasteiger partial charge in [-0.3, -0.25) is 4.90 Å². The maximum atomic E-state index is 6.07. The fraction of sp³-hybridized carbons (Fsp3) is 0.667. The summed E-state index contributed by atoms with van der Waals surface area (Å²) in [5.74, 6) is 2.47. The third-order valence-corrected chi connectivity index (χ3v) is 4.30. The molecule has 1 aromatic carbocycles. The lowest BCUT2D eigenvalue weighted by Gasteiger charge is -2.40. The van der Waals surface area contributed by atoms with Gasteiger partial charge in [-0.05, 0) is 42.4 Å². The monoisotopic (exact) mass is 290 g/mol. The Morgan fingerprint density at radius 3 is 2.33 bits per heavy atom. The average molecular weight is 290 g/mol. The van der Waals surface area contributed by atoms with Gasteiger partial charge < -0.3 is 10.5 Å². The normalized spacial score (nSPS) is 24.8. The van der Waals surface area contributed by atoms with E-state index in [9.17, 15) is 0 Å². The summed E-state index contributed by atoms with van der Waals surface area (Å²) in [5, 5.41) is 0. The molecule has 3 heteroatoms. The zero-order valence-corrected chi connectivity index (χ0v) is 13.7. The van der Waals surface area contributed by atoms with Crippen LogP contribution < -0.4 is 10.5 Å². The molecule has 3 nitrogen and oxygen atoms in total. The van der Waals surface area contributed by atoms with Crippen LogP contribution in [0.25, 0.3) is 0 Å². The minimum atomic E-state index is 0.329. The molecule has 0 spiro atoms. The van der Waals surface area contributed by atoms with Gasteiger partial charge in [0.2, 0.25) is 0 Å². The quantitative estimate of drug-likeness (QED) is 0.872. The van der Waals surface area contributed by atoms with E-state index >= 15 is 0 Å². The second-order valence-electron chi connectivity index (χ2n) is 6.57. The van der Waals surface area contributed by atoms with Gasteiger partial charge in [-0.2, -0.15) is 0 Å². The standard InChI is InChI=1S/C18H30N2O/c1-4-9-21-17-7-5-16(6-8-17)18(11-19)20-12-14(2)10-15(3)13-20/h5-8,14-15,18H,4,9-13,19H2,1-3H3. The highest BCUT2D eigenvalue weighted by atomic mass is 16.5. The first-order valence-electron chi connectivity index (χ1n) is 8.30. The highest BCUT2D eigenvalue weighted by Gasteiger charge is 2.27. The van der Waals surface area contributed by atoms with Crippen LogP contribution >= 0.6 is 0 Å². The number of piperidine rings is 1. The Balaban J connectivity index is 2.06. The highest BCUT2D eigenvalue weighted by Crippen LogP contribution is 2.29. The van der Waals surface area contributed by atoms with E-state index in [0.29, 0.717) is 12.6 Å². The number of ether oxygens (including phenoxy) is 1. The van der Waals surface area contributed by atoms with E-state index in [2.05, 4.69) is 49.9 Å². The van der Waals surface area contributed by atoms with Gasteiger partial charge in [0.1, 0.15) is 5.75 Å². The molecular formula is C18H30N2O. The van der Waals surface area contributed by atoms with Crippen LogP contribution in [0.2, 0.25) is 0 Å². The number of nitrogens with two attached hydrogens (primary N) is 1. The first-order chi connectivity index (χ1) is 10.1. The third kappa shape index (κ3) is 4.45. The minimum Gasteiger partial charge on any atom is -0.494 e. The van der Waals surface area contributed by atoms with Gasteiger partial charge in [0.25, 0.3) is 0 Å². The first-order valence-corrected chi connectivity index (χ1v) is 8.30. The molecule has 21 heavy (non-hydrogen) atoms. The summed E-state index contributed by atoms with van der Waals surface area (Å²) in [6.07, 6.45) is 2.37. The van der Waals surface area contributed by atoms with Crippen molar-refractivity contribution in [2.24, 2.45) is 17.6 Å². The summed E-state index contributed by atoms with van der Waals surface area (Å²) in [4.78, 5) is 2.56. The van der Waals surface area contributed by atoms with Crippen LogP contribution in [0.4, 0.5) is 0 Å². The Kier molecular flexibility index (Phi) is 6.07. The molecule has 1 aliphatic heterocycles. The molecule has 2 N–H and O–H groups in total. The average Bonchev–Trinajstić information content (AvgIpc) is 2.46. The summed E-state index contributed by atoms with van der Waals surface area (Å²) in [6, 6.07) is 8.82. The van der Waals surface area contributed by atoms with Crippen LogP contribution in [0, 0.1) is 11.8 Å². The van der Waals surface area contributed by atoms with Crippen LogP contribution in [0.5, 0.6) is 5.75 Å². The zero-order valence-electron chi connectivity index (χ0n) is 13.7. The Morgan fingerprint density at radius 1 is 1.19 bits per heavy atom. The Bertz CT molecular complexity index is 408. The van der Waals surface area contributed by atoms with Crippen molar-refractivity contribution in [2.45, 2.75) is 39.7 Å². The van der Waals surface area contributed by atoms with Crippen molar-refractivity contribution in [2.75, 3.05) is 26.2 Å². The molecule has 0 aliphatic carbocycles. The lowest BCUT2D eigenvalue weighted by molar-refractivity contribution is 0.0984. The van der Waals surface area contributed by atoms with Gasteiger partial charge >= 0.3 is 0 Å². The zero-order chi connectivity index (χ0) is 15.2. The molecule has 0 radical (unpaired) electrons. The lowest BCUT2D eigenvalue weighted by Crippen LogP contribution is -2.43. The molecule has 1 aromatic rings. The number of hydrogen-bond donors (Lipinski definition) is 1. The van der Waals surface area contributed by atoms with Crippen molar-refractivity contribution >= 4 is 0 Å². The van der Waals surface area contributed by atoms with Crippen LogP contribution in [-0.2, 0) is 0 Å². The number of hydrogen-bond acceptors (Lipinski definition) is 3. The lowest BCUT2D eigenvalue weighted by atomic mass is 9.89. The van der Waals surface area contributed by atoms with E-state index in [4.69, 9.17) is 10.5 Å². The van der Waals surface area contributed by atoms with Crippen LogP contribution in [0.3, 0.4) is 0 Å². The Labute approximate surface area is 129 Å². The smallest absolute Gasteiger partial charge is 0.119 e. The largest absolute Gasteiger partial charge is 0.494 e. The van der Waals surface area contributed by atoms with Crippen LogP contribution in [0.15, 0.2) is 24.3 Å². The van der Waals surface area contributed by atoms with E-state index in [0.717, 1.165) is 43.7 Å². The maximum absolute atomic E-state index is 6.07. The van der Waals surface area contributed by atoms with Crippen molar-refractivity contribution in [1.82, 2.24) is 4.90 Å².